The van der Waals surface area contributed by atoms with Crippen LogP contribution in [-0.4, -0.2) is 5.16 Å². The van der Waals surface area contributed by atoms with Gasteiger partial charge in [0.05, 0.1) is 5.69 Å². The fourth-order valence-corrected chi connectivity index (χ4v) is 1.07. The van der Waals surface area contributed by atoms with Crippen LogP contribution in [0.2, 0.25) is 0 Å². The van der Waals surface area contributed by atoms with Gasteiger partial charge in [0, 0.05) is 11.0 Å². The average Bonchev–Trinajstić information content (AvgIpc) is 2.11. The second kappa shape index (κ2) is 2.36. The second-order valence-corrected chi connectivity index (χ2v) is 3.83. The Kier molecular flexibility index (Phi) is 1.78. The molecule has 11 heavy (non-hydrogen) atoms. The van der Waals surface area contributed by atoms with Crippen molar-refractivity contribution in [3.63, 3.8) is 0 Å². The van der Waals surface area contributed by atoms with Crippen LogP contribution in [0.25, 0.3) is 0 Å². The lowest BCUT2D eigenvalue weighted by Gasteiger charge is -2.14. The van der Waals surface area contributed by atoms with Gasteiger partial charge in [-0.05, 0) is 13.8 Å². The molecule has 0 fully saturated rings. The minimum Gasteiger partial charge on any atom is -0.360 e. The van der Waals surface area contributed by atoms with Crippen molar-refractivity contribution in [1.82, 2.24) is 5.16 Å². The molecule has 61 valence electrons. The van der Waals surface area contributed by atoms with Gasteiger partial charge in [0.25, 0.3) is 0 Å². The number of nitrogens with zero attached hydrogens (tertiary/aromatic N) is 1. The highest BCUT2D eigenvalue weighted by Crippen LogP contribution is 2.26. The third-order valence-corrected chi connectivity index (χ3v) is 1.70. The van der Waals surface area contributed by atoms with E-state index in [0.717, 1.165) is 17.0 Å². The van der Waals surface area contributed by atoms with Crippen LogP contribution in [0.1, 0.15) is 37.8 Å². The summed E-state index contributed by atoms with van der Waals surface area (Å²) >= 11 is 0. The van der Waals surface area contributed by atoms with Crippen LogP contribution in [0.3, 0.4) is 0 Å². The third-order valence-electron chi connectivity index (χ3n) is 1.70. The molecule has 0 aromatic carbocycles. The topological polar surface area (TPSA) is 26.0 Å². The van der Waals surface area contributed by atoms with E-state index in [4.69, 9.17) is 4.52 Å². The molecule has 1 aromatic heterocycles. The highest BCUT2D eigenvalue weighted by Gasteiger charge is 2.22. The molecule has 0 saturated heterocycles. The molecular formula is C9H14NO. The molecule has 0 saturated carbocycles. The van der Waals surface area contributed by atoms with E-state index in [9.17, 15) is 0 Å². The monoisotopic (exact) mass is 152 g/mol. The Balaban J connectivity index is 3.15. The Bertz CT molecular complexity index is 255. The predicted octanol–water partition coefficient (Wildman–Crippen LogP) is 2.46. The van der Waals surface area contributed by atoms with Crippen LogP contribution < -0.4 is 0 Å². The summed E-state index contributed by atoms with van der Waals surface area (Å²) in [6.07, 6.45) is 0. The third kappa shape index (κ3) is 1.44. The van der Waals surface area contributed by atoms with Gasteiger partial charge in [0.15, 0.2) is 0 Å². The van der Waals surface area contributed by atoms with E-state index < -0.39 is 0 Å². The second-order valence-electron chi connectivity index (χ2n) is 3.83. The lowest BCUT2D eigenvalue weighted by molar-refractivity contribution is 0.326. The fraction of sp³-hybridized carbons (Fsp3) is 0.556. The zero-order valence-electron chi connectivity index (χ0n) is 7.56. The highest BCUT2D eigenvalue weighted by molar-refractivity contribution is 5.27. The first-order chi connectivity index (χ1) is 4.93. The minimum absolute atomic E-state index is 0.0347. The van der Waals surface area contributed by atoms with Gasteiger partial charge in [-0.3, -0.25) is 0 Å². The van der Waals surface area contributed by atoms with Crippen molar-refractivity contribution < 1.29 is 4.52 Å². The number of hydrogen-bond donors (Lipinski definition) is 0. The van der Waals surface area contributed by atoms with Crippen molar-refractivity contribution in [1.29, 1.82) is 0 Å². The summed E-state index contributed by atoms with van der Waals surface area (Å²) in [4.78, 5) is 0. The molecule has 2 heteroatoms. The Morgan fingerprint density at radius 2 is 1.91 bits per heavy atom. The van der Waals surface area contributed by atoms with E-state index in [-0.39, 0.29) is 5.41 Å². The molecule has 0 aliphatic rings. The van der Waals surface area contributed by atoms with Gasteiger partial charge in [-0.15, -0.1) is 0 Å². The lowest BCUT2D eigenvalue weighted by atomic mass is 9.90. The first-order valence-electron chi connectivity index (χ1n) is 3.71. The molecule has 0 aliphatic heterocycles. The molecule has 0 atom stereocenters. The van der Waals surface area contributed by atoms with Crippen LogP contribution in [0.15, 0.2) is 4.52 Å². The molecule has 0 amide bonds. The maximum Gasteiger partial charge on any atom is 0.145 e. The maximum atomic E-state index is 5.15. The molecule has 1 heterocycles. The molecule has 0 unspecified atom stereocenters. The normalized spacial score (nSPS) is 12.1. The van der Waals surface area contributed by atoms with Gasteiger partial charge in [-0.1, -0.05) is 25.9 Å². The molecule has 1 aromatic rings. The van der Waals surface area contributed by atoms with E-state index in [2.05, 4.69) is 32.9 Å². The van der Waals surface area contributed by atoms with Crippen LogP contribution in [0.5, 0.6) is 0 Å². The van der Waals surface area contributed by atoms with Gasteiger partial charge < -0.3 is 4.52 Å². The standard InChI is InChI=1S/C9H14NO/c1-6-7(2)10-11-8(6)9(3,4)5/h2H2,1,3-5H3. The van der Waals surface area contributed by atoms with Crippen molar-refractivity contribution in [3.05, 3.63) is 23.9 Å². The maximum absolute atomic E-state index is 5.15. The Labute approximate surface area is 67.6 Å². The number of rotatable bonds is 0. The van der Waals surface area contributed by atoms with E-state index in [0.29, 0.717) is 0 Å². The van der Waals surface area contributed by atoms with Gasteiger partial charge in [-0.25, -0.2) is 0 Å². The van der Waals surface area contributed by atoms with Crippen LogP contribution in [-0.2, 0) is 5.41 Å². The summed E-state index contributed by atoms with van der Waals surface area (Å²) in [6, 6.07) is 0. The quantitative estimate of drug-likeness (QED) is 0.570. The molecule has 0 spiro atoms. The summed E-state index contributed by atoms with van der Waals surface area (Å²) in [5, 5.41) is 3.80. The molecule has 0 bridgehead atoms. The van der Waals surface area contributed by atoms with Crippen molar-refractivity contribution >= 4 is 0 Å². The van der Waals surface area contributed by atoms with E-state index in [1.165, 1.54) is 0 Å². The van der Waals surface area contributed by atoms with Crippen molar-refractivity contribution in [3.8, 4) is 0 Å². The predicted molar refractivity (Wildman–Crippen MR) is 44.4 cm³/mol. The zero-order valence-corrected chi connectivity index (χ0v) is 7.56. The van der Waals surface area contributed by atoms with E-state index >= 15 is 0 Å². The SMILES string of the molecule is [CH2]c1noc(C(C)(C)C)c1C. The summed E-state index contributed by atoms with van der Waals surface area (Å²) in [7, 11) is 0. The van der Waals surface area contributed by atoms with Gasteiger partial charge in [0.2, 0.25) is 0 Å². The molecule has 1 radical (unpaired) electrons. The summed E-state index contributed by atoms with van der Waals surface area (Å²) in [6.45, 7) is 12.0. The molecular weight excluding hydrogens is 138 g/mol. The van der Waals surface area contributed by atoms with Gasteiger partial charge in [0.1, 0.15) is 5.76 Å². The van der Waals surface area contributed by atoms with Crippen molar-refractivity contribution in [2.24, 2.45) is 0 Å². The number of hydrogen-bond acceptors (Lipinski definition) is 2. The van der Waals surface area contributed by atoms with Gasteiger partial charge in [-0.2, -0.15) is 0 Å². The average molecular weight is 152 g/mol. The first-order valence-corrected chi connectivity index (χ1v) is 3.71. The van der Waals surface area contributed by atoms with E-state index in [1.807, 2.05) is 6.92 Å². The van der Waals surface area contributed by atoms with Crippen molar-refractivity contribution in [2.75, 3.05) is 0 Å². The number of aromatic nitrogens is 1. The fourth-order valence-electron chi connectivity index (χ4n) is 1.07. The zero-order chi connectivity index (χ0) is 8.65. The Hall–Kier alpha value is -0.790. The largest absolute Gasteiger partial charge is 0.360 e. The van der Waals surface area contributed by atoms with Crippen LogP contribution in [0, 0.1) is 13.8 Å². The van der Waals surface area contributed by atoms with Crippen molar-refractivity contribution in [2.45, 2.75) is 33.1 Å². The van der Waals surface area contributed by atoms with Crippen LogP contribution in [0.4, 0.5) is 0 Å². The summed E-state index contributed by atoms with van der Waals surface area (Å²) < 4.78 is 5.15. The first kappa shape index (κ1) is 8.31. The molecule has 0 aliphatic carbocycles. The Morgan fingerprint density at radius 3 is 2.09 bits per heavy atom. The smallest absolute Gasteiger partial charge is 0.145 e. The van der Waals surface area contributed by atoms with Crippen LogP contribution >= 0.6 is 0 Å². The summed E-state index contributed by atoms with van der Waals surface area (Å²) in [5.74, 6) is 0.933. The molecule has 1 rings (SSSR count). The lowest BCUT2D eigenvalue weighted by Crippen LogP contribution is -2.11. The van der Waals surface area contributed by atoms with Gasteiger partial charge >= 0.3 is 0 Å². The molecule has 2 nitrogen and oxygen atoms in total. The minimum atomic E-state index is 0.0347. The Morgan fingerprint density at radius 1 is 1.36 bits per heavy atom. The highest BCUT2D eigenvalue weighted by atomic mass is 16.5. The summed E-state index contributed by atoms with van der Waals surface area (Å²) in [5.41, 5.74) is 1.85. The van der Waals surface area contributed by atoms with E-state index in [1.54, 1.807) is 0 Å². The molecule has 0 N–H and O–H groups in total.